The molecule has 0 bridgehead atoms. The lowest BCUT2D eigenvalue weighted by atomic mass is 10.1. The van der Waals surface area contributed by atoms with Gasteiger partial charge in [-0.2, -0.15) is 5.10 Å². The second-order valence-corrected chi connectivity index (χ2v) is 6.67. The van der Waals surface area contributed by atoms with Gasteiger partial charge < -0.3 is 14.8 Å². The van der Waals surface area contributed by atoms with Gasteiger partial charge in [0.15, 0.2) is 0 Å². The zero-order valence-electron chi connectivity index (χ0n) is 17.3. The maximum atomic E-state index is 12.5. The van der Waals surface area contributed by atoms with Gasteiger partial charge >= 0.3 is 5.97 Å². The van der Waals surface area contributed by atoms with Crippen molar-refractivity contribution in [3.05, 3.63) is 83.2 Å². The Hall–Kier alpha value is -3.45. The Kier molecular flexibility index (Phi) is 6.98. The van der Waals surface area contributed by atoms with Crippen LogP contribution in [0.2, 0.25) is 0 Å². The number of methoxy groups -OCH3 is 1. The number of carbonyl (C=O) groups is 2. The van der Waals surface area contributed by atoms with Crippen LogP contribution >= 0.6 is 0 Å². The maximum absolute atomic E-state index is 12.5. The molecule has 0 spiro atoms. The third-order valence-electron chi connectivity index (χ3n) is 4.78. The third-order valence-corrected chi connectivity index (χ3v) is 4.78. The first-order valence-corrected chi connectivity index (χ1v) is 9.73. The average Bonchev–Trinajstić information content (AvgIpc) is 3.16. The highest BCUT2D eigenvalue weighted by Crippen LogP contribution is 2.17. The molecular formula is C23H25N3O4. The van der Waals surface area contributed by atoms with E-state index >= 15 is 0 Å². The summed E-state index contributed by atoms with van der Waals surface area (Å²) in [5.41, 5.74) is 3.37. The van der Waals surface area contributed by atoms with Crippen LogP contribution in [0.4, 0.5) is 0 Å². The molecule has 0 radical (unpaired) electrons. The van der Waals surface area contributed by atoms with Crippen LogP contribution in [0, 0.1) is 6.92 Å². The van der Waals surface area contributed by atoms with Crippen LogP contribution in [0.3, 0.4) is 0 Å². The molecule has 1 unspecified atom stereocenters. The first-order chi connectivity index (χ1) is 14.5. The number of ether oxygens (including phenoxy) is 2. The molecule has 2 aromatic carbocycles. The second kappa shape index (κ2) is 9.84. The molecule has 7 nitrogen and oxygen atoms in total. The van der Waals surface area contributed by atoms with E-state index in [2.05, 4.69) is 10.4 Å². The van der Waals surface area contributed by atoms with Crippen molar-refractivity contribution in [1.82, 2.24) is 15.1 Å². The van der Waals surface area contributed by atoms with E-state index in [1.165, 1.54) is 6.20 Å². The fourth-order valence-corrected chi connectivity index (χ4v) is 3.13. The Balaban J connectivity index is 1.67. The first-order valence-electron chi connectivity index (χ1n) is 9.73. The van der Waals surface area contributed by atoms with Gasteiger partial charge in [-0.3, -0.25) is 4.79 Å². The quantitative estimate of drug-likeness (QED) is 0.578. The molecule has 3 aromatic rings. The molecule has 1 atom stereocenters. The van der Waals surface area contributed by atoms with E-state index < -0.39 is 5.97 Å². The van der Waals surface area contributed by atoms with E-state index in [9.17, 15) is 9.59 Å². The molecule has 1 heterocycles. The number of carbonyl (C=O) groups excluding carboxylic acids is 2. The number of hydrogen-bond acceptors (Lipinski definition) is 5. The number of nitrogens with one attached hydrogen (secondary N) is 1. The predicted molar refractivity (Wildman–Crippen MR) is 113 cm³/mol. The smallest absolute Gasteiger partial charge is 0.341 e. The van der Waals surface area contributed by atoms with Gasteiger partial charge in [-0.25, -0.2) is 9.48 Å². The van der Waals surface area contributed by atoms with Crippen LogP contribution < -0.4 is 5.32 Å². The lowest BCUT2D eigenvalue weighted by molar-refractivity contribution is 0.0525. The average molecular weight is 407 g/mol. The van der Waals surface area contributed by atoms with Crippen LogP contribution in [-0.2, 0) is 9.47 Å². The highest BCUT2D eigenvalue weighted by atomic mass is 16.5. The van der Waals surface area contributed by atoms with Crippen molar-refractivity contribution >= 4 is 11.9 Å². The molecule has 0 aliphatic carbocycles. The molecule has 3 rings (SSSR count). The summed E-state index contributed by atoms with van der Waals surface area (Å²) >= 11 is 0. The fourth-order valence-electron chi connectivity index (χ4n) is 3.13. The van der Waals surface area contributed by atoms with Crippen LogP contribution in [0.15, 0.2) is 60.8 Å². The molecule has 1 amide bonds. The summed E-state index contributed by atoms with van der Waals surface area (Å²) in [7, 11) is 1.62. The molecule has 7 heteroatoms. The van der Waals surface area contributed by atoms with E-state index in [0.717, 1.165) is 11.3 Å². The van der Waals surface area contributed by atoms with Crippen molar-refractivity contribution in [3.63, 3.8) is 0 Å². The number of amides is 1. The van der Waals surface area contributed by atoms with Gasteiger partial charge in [0, 0.05) is 19.2 Å². The van der Waals surface area contributed by atoms with Gasteiger partial charge in [-0.1, -0.05) is 30.3 Å². The lowest BCUT2D eigenvalue weighted by Crippen LogP contribution is -2.29. The topological polar surface area (TPSA) is 82.5 Å². The summed E-state index contributed by atoms with van der Waals surface area (Å²) in [6.45, 7) is 4.23. The molecule has 0 aliphatic rings. The summed E-state index contributed by atoms with van der Waals surface area (Å²) in [5, 5.41) is 7.17. The summed E-state index contributed by atoms with van der Waals surface area (Å²) < 4.78 is 12.2. The van der Waals surface area contributed by atoms with Crippen molar-refractivity contribution in [2.24, 2.45) is 0 Å². The van der Waals surface area contributed by atoms with Crippen molar-refractivity contribution in [1.29, 1.82) is 0 Å². The zero-order valence-corrected chi connectivity index (χ0v) is 17.3. The Labute approximate surface area is 175 Å². The first kappa shape index (κ1) is 21.3. The molecular weight excluding hydrogens is 382 g/mol. The summed E-state index contributed by atoms with van der Waals surface area (Å²) in [6.07, 6.45) is 1.27. The van der Waals surface area contributed by atoms with Crippen LogP contribution in [0.5, 0.6) is 0 Å². The number of nitrogens with zero attached hydrogens (tertiary/aromatic N) is 2. The van der Waals surface area contributed by atoms with Crippen LogP contribution in [0.25, 0.3) is 5.69 Å². The summed E-state index contributed by atoms with van der Waals surface area (Å²) in [4.78, 5) is 24.5. The Morgan fingerprint density at radius 2 is 1.80 bits per heavy atom. The van der Waals surface area contributed by atoms with E-state index in [4.69, 9.17) is 9.47 Å². The van der Waals surface area contributed by atoms with Gasteiger partial charge in [0.05, 0.1) is 30.3 Å². The number of benzene rings is 2. The van der Waals surface area contributed by atoms with Crippen molar-refractivity contribution in [2.75, 3.05) is 20.3 Å². The Bertz CT molecular complexity index is 997. The molecule has 0 saturated heterocycles. The number of hydrogen-bond donors (Lipinski definition) is 1. The molecule has 30 heavy (non-hydrogen) atoms. The third kappa shape index (κ3) is 4.75. The standard InChI is InChI=1S/C23H25N3O4/c1-4-30-23(28)20-14-25-26(16(20)2)19-12-10-18(11-13-19)22(27)24-15-21(29-3)17-8-6-5-7-9-17/h5-14,21H,4,15H2,1-3H3,(H,24,27). The Morgan fingerprint density at radius 3 is 2.43 bits per heavy atom. The monoisotopic (exact) mass is 407 g/mol. The van der Waals surface area contributed by atoms with Gasteiger partial charge in [0.1, 0.15) is 5.56 Å². The van der Waals surface area contributed by atoms with Gasteiger partial charge in [0.2, 0.25) is 0 Å². The van der Waals surface area contributed by atoms with Gasteiger partial charge in [0.25, 0.3) is 5.91 Å². The van der Waals surface area contributed by atoms with Crippen molar-refractivity contribution in [2.45, 2.75) is 20.0 Å². The highest BCUT2D eigenvalue weighted by molar-refractivity contribution is 5.94. The van der Waals surface area contributed by atoms with Crippen molar-refractivity contribution < 1.29 is 19.1 Å². The van der Waals surface area contributed by atoms with Crippen molar-refractivity contribution in [3.8, 4) is 5.69 Å². The van der Waals surface area contributed by atoms with Crippen LogP contribution in [-0.4, -0.2) is 41.9 Å². The normalized spacial score (nSPS) is 11.7. The van der Waals surface area contributed by atoms with E-state index in [-0.39, 0.29) is 12.0 Å². The van der Waals surface area contributed by atoms with Gasteiger partial charge in [-0.05, 0) is 43.7 Å². The minimum absolute atomic E-state index is 0.191. The maximum Gasteiger partial charge on any atom is 0.341 e. The van der Waals surface area contributed by atoms with E-state index in [0.29, 0.717) is 30.0 Å². The van der Waals surface area contributed by atoms with Crippen LogP contribution in [0.1, 0.15) is 45.0 Å². The van der Waals surface area contributed by atoms with E-state index in [1.54, 1.807) is 49.9 Å². The highest BCUT2D eigenvalue weighted by Gasteiger charge is 2.17. The molecule has 0 fully saturated rings. The second-order valence-electron chi connectivity index (χ2n) is 6.67. The lowest BCUT2D eigenvalue weighted by Gasteiger charge is -2.16. The Morgan fingerprint density at radius 1 is 1.10 bits per heavy atom. The minimum atomic E-state index is -0.400. The molecule has 0 saturated carbocycles. The fraction of sp³-hybridized carbons (Fsp3) is 0.261. The molecule has 1 N–H and O–H groups in total. The molecule has 0 aliphatic heterocycles. The molecule has 156 valence electrons. The SMILES string of the molecule is CCOC(=O)c1cnn(-c2ccc(C(=O)NCC(OC)c3ccccc3)cc2)c1C. The molecule has 1 aromatic heterocycles. The minimum Gasteiger partial charge on any atom is -0.462 e. The van der Waals surface area contributed by atoms with Gasteiger partial charge in [-0.15, -0.1) is 0 Å². The number of rotatable bonds is 8. The van der Waals surface area contributed by atoms with E-state index in [1.807, 2.05) is 30.3 Å². The predicted octanol–water partition coefficient (Wildman–Crippen LogP) is 3.47. The largest absolute Gasteiger partial charge is 0.462 e. The number of aromatic nitrogens is 2. The summed E-state index contributed by atoms with van der Waals surface area (Å²) in [5.74, 6) is -0.590. The summed E-state index contributed by atoms with van der Waals surface area (Å²) in [6, 6.07) is 16.8. The zero-order chi connectivity index (χ0) is 21.5. The number of esters is 1.